The van der Waals surface area contributed by atoms with Crippen molar-refractivity contribution in [1.82, 2.24) is 9.47 Å². The van der Waals surface area contributed by atoms with Crippen LogP contribution in [0, 0.1) is 11.3 Å². The second kappa shape index (κ2) is 8.44. The minimum absolute atomic E-state index is 0.0534. The molecule has 2 heterocycles. The number of hydrogen-bond acceptors (Lipinski definition) is 4. The van der Waals surface area contributed by atoms with Crippen LogP contribution in [0.2, 0.25) is 0 Å². The zero-order chi connectivity index (χ0) is 21.3. The minimum Gasteiger partial charge on any atom is -0.369 e. The van der Waals surface area contributed by atoms with E-state index in [0.717, 1.165) is 43.1 Å². The highest BCUT2D eigenvalue weighted by Gasteiger charge is 2.15. The van der Waals surface area contributed by atoms with Crippen LogP contribution in [0.3, 0.4) is 0 Å². The fraction of sp³-hybridized carbons (Fsp3) is 0.261. The smallest absolute Gasteiger partial charge is 0.133 e. The fourth-order valence-electron chi connectivity index (χ4n) is 3.89. The van der Waals surface area contributed by atoms with E-state index in [1.807, 2.05) is 29.8 Å². The van der Waals surface area contributed by atoms with Crippen LogP contribution >= 0.6 is 0 Å². The molecule has 0 spiro atoms. The van der Waals surface area contributed by atoms with Gasteiger partial charge in [0.25, 0.3) is 0 Å². The van der Waals surface area contributed by atoms with Gasteiger partial charge in [-0.05, 0) is 59.8 Å². The second-order valence-corrected chi connectivity index (χ2v) is 8.69. The average Bonchev–Trinajstić information content (AvgIpc) is 3.11. The Morgan fingerprint density at radius 1 is 1.03 bits per heavy atom. The number of allylic oxidation sites excluding steroid dienone is 1. The molecule has 0 aliphatic carbocycles. The van der Waals surface area contributed by atoms with Gasteiger partial charge in [0, 0.05) is 50.3 Å². The van der Waals surface area contributed by atoms with E-state index < -0.39 is 11.0 Å². The molecular weight excluding hydrogens is 394 g/mol. The number of aromatic nitrogens is 1. The number of nitrogens with zero attached hydrogens (tertiary/aromatic N) is 4. The number of benzene rings is 2. The number of likely N-dealkylation sites (N-methyl/N-ethyl adjacent to an activating group) is 1. The Kier molecular flexibility index (Phi) is 5.73. The number of hydrogen-bond donors (Lipinski definition) is 1. The molecule has 1 saturated heterocycles. The summed E-state index contributed by atoms with van der Waals surface area (Å²) in [5.74, 6) is 0. The summed E-state index contributed by atoms with van der Waals surface area (Å²) in [5.41, 5.74) is 4.16. The molecule has 0 amide bonds. The zero-order valence-electron chi connectivity index (χ0n) is 17.2. The molecule has 1 unspecified atom stereocenters. The van der Waals surface area contributed by atoms with E-state index in [1.165, 1.54) is 16.5 Å². The number of piperazine rings is 1. The molecule has 3 aromatic rings. The van der Waals surface area contributed by atoms with Crippen LogP contribution < -0.4 is 10.0 Å². The lowest BCUT2D eigenvalue weighted by Gasteiger charge is -2.34. The highest BCUT2D eigenvalue weighted by Crippen LogP contribution is 2.29. The molecule has 1 atom stereocenters. The molecule has 1 aliphatic heterocycles. The van der Waals surface area contributed by atoms with Crippen molar-refractivity contribution in [2.24, 2.45) is 12.2 Å². The summed E-state index contributed by atoms with van der Waals surface area (Å²) in [5, 5.41) is 16.9. The van der Waals surface area contributed by atoms with Crippen LogP contribution in [-0.2, 0) is 18.0 Å². The van der Waals surface area contributed by atoms with E-state index in [0.29, 0.717) is 0 Å². The van der Waals surface area contributed by atoms with Crippen LogP contribution in [0.25, 0.3) is 28.1 Å². The maximum Gasteiger partial charge on any atom is 0.133 e. The molecule has 0 radical (unpaired) electrons. The lowest BCUT2D eigenvalue weighted by Crippen LogP contribution is -2.44. The van der Waals surface area contributed by atoms with E-state index in [-0.39, 0.29) is 4.91 Å². The Morgan fingerprint density at radius 2 is 1.73 bits per heavy atom. The molecule has 0 saturated carbocycles. The molecule has 1 fully saturated rings. The second-order valence-electron chi connectivity index (χ2n) is 7.66. The standard InChI is InChI=1S/C23H25N5OS/c1-26-9-11-28(12-10-26)21-6-5-17-13-19(4-3-18(17)14-21)23-8-7-20(27(23)2)15-22(16-24)30(25)29/h3-8,13-15H,9-12,25H2,1-2H3/b22-15+. The monoisotopic (exact) mass is 419 g/mol. The Morgan fingerprint density at radius 3 is 2.43 bits per heavy atom. The van der Waals surface area contributed by atoms with Gasteiger partial charge in [-0.1, -0.05) is 18.2 Å². The maximum absolute atomic E-state index is 11.5. The Balaban J connectivity index is 1.64. The van der Waals surface area contributed by atoms with E-state index in [4.69, 9.17) is 10.4 Å². The quantitative estimate of drug-likeness (QED) is 0.659. The molecule has 7 heteroatoms. The van der Waals surface area contributed by atoms with Crippen molar-refractivity contribution in [2.45, 2.75) is 0 Å². The number of nitriles is 1. The predicted octanol–water partition coefficient (Wildman–Crippen LogP) is 3.08. The molecule has 1 aliphatic rings. The Labute approximate surface area is 179 Å². The van der Waals surface area contributed by atoms with Gasteiger partial charge in [-0.3, -0.25) is 0 Å². The number of nitrogens with two attached hydrogens (primary N) is 1. The fourth-order valence-corrected chi connectivity index (χ4v) is 4.21. The third kappa shape index (κ3) is 4.03. The average molecular weight is 420 g/mol. The lowest BCUT2D eigenvalue weighted by atomic mass is 10.0. The molecule has 30 heavy (non-hydrogen) atoms. The predicted molar refractivity (Wildman–Crippen MR) is 124 cm³/mol. The van der Waals surface area contributed by atoms with Crippen molar-refractivity contribution in [3.05, 3.63) is 59.1 Å². The van der Waals surface area contributed by atoms with Gasteiger partial charge in [-0.25, -0.2) is 9.35 Å². The van der Waals surface area contributed by atoms with Crippen LogP contribution in [0.4, 0.5) is 5.69 Å². The third-order valence-electron chi connectivity index (χ3n) is 5.75. The largest absolute Gasteiger partial charge is 0.369 e. The number of rotatable bonds is 4. The van der Waals surface area contributed by atoms with Gasteiger partial charge in [0.2, 0.25) is 0 Å². The molecule has 1 aromatic heterocycles. The van der Waals surface area contributed by atoms with Crippen molar-refractivity contribution in [2.75, 3.05) is 38.1 Å². The van der Waals surface area contributed by atoms with Crippen LogP contribution in [0.1, 0.15) is 5.69 Å². The molecule has 0 bridgehead atoms. The summed E-state index contributed by atoms with van der Waals surface area (Å²) in [6.45, 7) is 4.29. The lowest BCUT2D eigenvalue weighted by molar-refractivity contribution is 0.313. The molecule has 4 rings (SSSR count). The van der Waals surface area contributed by atoms with Crippen LogP contribution in [0.5, 0.6) is 0 Å². The first-order chi connectivity index (χ1) is 14.5. The summed E-state index contributed by atoms with van der Waals surface area (Å²) < 4.78 is 13.4. The van der Waals surface area contributed by atoms with Crippen molar-refractivity contribution < 1.29 is 4.21 Å². The van der Waals surface area contributed by atoms with Crippen LogP contribution in [-0.4, -0.2) is 46.9 Å². The third-order valence-corrected chi connectivity index (χ3v) is 6.40. The SMILES string of the molecule is CN1CCN(c2ccc3cc(-c4ccc(/C=C(\C#N)S(N)=O)n4C)ccc3c2)CC1. The first-order valence-corrected chi connectivity index (χ1v) is 11.1. The summed E-state index contributed by atoms with van der Waals surface area (Å²) >= 11 is 0. The maximum atomic E-state index is 11.5. The summed E-state index contributed by atoms with van der Waals surface area (Å²) in [7, 11) is 2.30. The van der Waals surface area contributed by atoms with Gasteiger partial charge in [0.15, 0.2) is 0 Å². The molecule has 6 nitrogen and oxygen atoms in total. The summed E-state index contributed by atoms with van der Waals surface area (Å²) in [6.07, 6.45) is 1.57. The van der Waals surface area contributed by atoms with Crippen molar-refractivity contribution >= 4 is 33.5 Å². The number of fused-ring (bicyclic) bond motifs is 1. The normalized spacial score (nSPS) is 16.6. The first-order valence-electron chi connectivity index (χ1n) is 9.87. The summed E-state index contributed by atoms with van der Waals surface area (Å²) in [6, 6.07) is 18.9. The van der Waals surface area contributed by atoms with E-state index in [1.54, 1.807) is 6.08 Å². The molecule has 154 valence electrons. The van der Waals surface area contributed by atoms with Gasteiger partial charge in [0.1, 0.15) is 22.0 Å². The molecular formula is C23H25N5OS. The highest BCUT2D eigenvalue weighted by molar-refractivity contribution is 7.87. The first kappa shape index (κ1) is 20.4. The number of anilines is 1. The van der Waals surface area contributed by atoms with Gasteiger partial charge < -0.3 is 14.4 Å². The highest BCUT2D eigenvalue weighted by atomic mass is 32.2. The van der Waals surface area contributed by atoms with Gasteiger partial charge >= 0.3 is 0 Å². The van der Waals surface area contributed by atoms with Crippen molar-refractivity contribution in [3.63, 3.8) is 0 Å². The zero-order valence-corrected chi connectivity index (χ0v) is 18.0. The van der Waals surface area contributed by atoms with Gasteiger partial charge in [0.05, 0.1) is 0 Å². The van der Waals surface area contributed by atoms with Gasteiger partial charge in [-0.15, -0.1) is 0 Å². The Bertz CT molecular complexity index is 1180. The van der Waals surface area contributed by atoms with E-state index in [2.05, 4.69) is 53.2 Å². The van der Waals surface area contributed by atoms with E-state index >= 15 is 0 Å². The molecule has 2 aromatic carbocycles. The van der Waals surface area contributed by atoms with Crippen molar-refractivity contribution in [3.8, 4) is 17.3 Å². The summed E-state index contributed by atoms with van der Waals surface area (Å²) in [4.78, 5) is 4.85. The van der Waals surface area contributed by atoms with E-state index in [9.17, 15) is 4.21 Å². The van der Waals surface area contributed by atoms with Crippen molar-refractivity contribution in [1.29, 1.82) is 5.26 Å². The Hall–Kier alpha value is -2.92. The topological polar surface area (TPSA) is 78.3 Å². The van der Waals surface area contributed by atoms with Crippen LogP contribution in [0.15, 0.2) is 53.4 Å². The molecule has 2 N–H and O–H groups in total. The van der Waals surface area contributed by atoms with Gasteiger partial charge in [-0.2, -0.15) is 5.26 Å². The minimum atomic E-state index is -1.79.